The standard InChI is InChI=1S/C10H16N2O.C2H6.H2/c1-2-9(13)12-5-8-3-10(4-8)6-11-7-10;1-2;/h2,8,11H,1,3-7H2,(H,12,13);1-2H3;1H. The quantitative estimate of drug-likeness (QED) is 0.697. The summed E-state index contributed by atoms with van der Waals surface area (Å²) in [5, 5.41) is 6.14. The molecule has 3 heteroatoms. The Kier molecular flexibility index (Phi) is 4.33. The maximum Gasteiger partial charge on any atom is 0.243 e. The second-order valence-electron chi connectivity index (χ2n) is 4.33. The first kappa shape index (κ1) is 12.2. The SMILES string of the molecule is C=CC(=O)NCC1CC2(CNC2)C1.CC.[HH]. The molecule has 15 heavy (non-hydrogen) atoms. The summed E-state index contributed by atoms with van der Waals surface area (Å²) >= 11 is 0. The Morgan fingerprint density at radius 3 is 2.60 bits per heavy atom. The highest BCUT2D eigenvalue weighted by Gasteiger charge is 2.47. The molecule has 2 N–H and O–H groups in total. The van der Waals surface area contributed by atoms with Crippen molar-refractivity contribution >= 4 is 5.91 Å². The molecule has 0 radical (unpaired) electrons. The molecule has 1 amide bonds. The highest BCUT2D eigenvalue weighted by Crippen LogP contribution is 2.47. The van der Waals surface area contributed by atoms with E-state index >= 15 is 0 Å². The molecule has 0 aromatic carbocycles. The van der Waals surface area contributed by atoms with Crippen LogP contribution in [0, 0.1) is 11.3 Å². The van der Waals surface area contributed by atoms with Gasteiger partial charge in [-0.15, -0.1) is 0 Å². The van der Waals surface area contributed by atoms with Gasteiger partial charge in [-0.05, 0) is 30.3 Å². The molecule has 1 heterocycles. The van der Waals surface area contributed by atoms with E-state index in [1.165, 1.54) is 32.0 Å². The van der Waals surface area contributed by atoms with Crippen LogP contribution in [0.2, 0.25) is 0 Å². The monoisotopic (exact) mass is 212 g/mol. The molecule has 1 aliphatic carbocycles. The van der Waals surface area contributed by atoms with E-state index < -0.39 is 0 Å². The lowest BCUT2D eigenvalue weighted by Crippen LogP contribution is -2.61. The summed E-state index contributed by atoms with van der Waals surface area (Å²) in [7, 11) is 0. The van der Waals surface area contributed by atoms with Gasteiger partial charge in [-0.2, -0.15) is 0 Å². The second kappa shape index (κ2) is 5.31. The van der Waals surface area contributed by atoms with Gasteiger partial charge < -0.3 is 10.6 Å². The molecule has 1 spiro atoms. The fourth-order valence-electron chi connectivity index (χ4n) is 2.39. The first-order chi connectivity index (χ1) is 7.24. The van der Waals surface area contributed by atoms with E-state index in [0.29, 0.717) is 11.3 Å². The third-order valence-corrected chi connectivity index (χ3v) is 3.19. The fraction of sp³-hybridized carbons (Fsp3) is 0.750. The maximum absolute atomic E-state index is 10.9. The number of hydrogen-bond acceptors (Lipinski definition) is 2. The Balaban J connectivity index is 0.000000711. The van der Waals surface area contributed by atoms with E-state index in [-0.39, 0.29) is 7.33 Å². The van der Waals surface area contributed by atoms with Crippen molar-refractivity contribution in [3.05, 3.63) is 12.7 Å². The molecular weight excluding hydrogens is 188 g/mol. The molecule has 0 unspecified atom stereocenters. The number of carbonyl (C=O) groups excluding carboxylic acids is 1. The van der Waals surface area contributed by atoms with Gasteiger partial charge in [-0.3, -0.25) is 4.79 Å². The van der Waals surface area contributed by atoms with Crippen LogP contribution in [0.4, 0.5) is 0 Å². The van der Waals surface area contributed by atoms with Crippen LogP contribution in [0.3, 0.4) is 0 Å². The first-order valence-electron chi connectivity index (χ1n) is 5.85. The smallest absolute Gasteiger partial charge is 0.243 e. The van der Waals surface area contributed by atoms with Crippen LogP contribution in [0.15, 0.2) is 12.7 Å². The number of carbonyl (C=O) groups is 1. The number of nitrogens with one attached hydrogen (secondary N) is 2. The second-order valence-corrected chi connectivity index (χ2v) is 4.33. The summed E-state index contributed by atoms with van der Waals surface area (Å²) in [6.45, 7) is 10.6. The van der Waals surface area contributed by atoms with E-state index in [9.17, 15) is 4.79 Å². The summed E-state index contributed by atoms with van der Waals surface area (Å²) in [6, 6.07) is 0. The van der Waals surface area contributed by atoms with Crippen molar-refractivity contribution in [2.75, 3.05) is 19.6 Å². The largest absolute Gasteiger partial charge is 0.352 e. The molecule has 0 aromatic rings. The zero-order valence-electron chi connectivity index (χ0n) is 9.81. The fourth-order valence-corrected chi connectivity index (χ4v) is 2.39. The summed E-state index contributed by atoms with van der Waals surface area (Å²) < 4.78 is 0. The van der Waals surface area contributed by atoms with Crippen molar-refractivity contribution in [1.29, 1.82) is 0 Å². The van der Waals surface area contributed by atoms with Crippen LogP contribution in [0.1, 0.15) is 28.1 Å². The normalized spacial score (nSPS) is 21.7. The number of hydrogen-bond donors (Lipinski definition) is 2. The predicted molar refractivity (Wildman–Crippen MR) is 64.7 cm³/mol. The molecule has 1 aliphatic heterocycles. The maximum atomic E-state index is 10.9. The van der Waals surface area contributed by atoms with Crippen LogP contribution in [0.25, 0.3) is 0 Å². The Morgan fingerprint density at radius 2 is 2.20 bits per heavy atom. The predicted octanol–water partition coefficient (Wildman–Crippen LogP) is 1.56. The van der Waals surface area contributed by atoms with Gasteiger partial charge in [0.05, 0.1) is 0 Å². The van der Waals surface area contributed by atoms with Crippen molar-refractivity contribution in [3.63, 3.8) is 0 Å². The molecule has 1 saturated heterocycles. The lowest BCUT2D eigenvalue weighted by atomic mass is 9.58. The van der Waals surface area contributed by atoms with E-state index in [1.807, 2.05) is 13.8 Å². The lowest BCUT2D eigenvalue weighted by Gasteiger charge is -2.54. The molecule has 3 nitrogen and oxygen atoms in total. The zero-order chi connectivity index (χ0) is 11.3. The molecular formula is C12H24N2O. The van der Waals surface area contributed by atoms with Crippen LogP contribution in [0.5, 0.6) is 0 Å². The Morgan fingerprint density at radius 1 is 1.60 bits per heavy atom. The third kappa shape index (κ3) is 2.81. The molecule has 0 atom stereocenters. The topological polar surface area (TPSA) is 41.1 Å². The van der Waals surface area contributed by atoms with Gasteiger partial charge in [0.1, 0.15) is 0 Å². The highest BCUT2D eigenvalue weighted by atomic mass is 16.1. The third-order valence-electron chi connectivity index (χ3n) is 3.19. The van der Waals surface area contributed by atoms with Crippen LogP contribution in [-0.2, 0) is 4.79 Å². The van der Waals surface area contributed by atoms with Crippen molar-refractivity contribution < 1.29 is 6.22 Å². The molecule has 0 aromatic heterocycles. The van der Waals surface area contributed by atoms with E-state index in [0.717, 1.165) is 6.54 Å². The van der Waals surface area contributed by atoms with Gasteiger partial charge in [-0.25, -0.2) is 0 Å². The van der Waals surface area contributed by atoms with Gasteiger partial charge in [0.15, 0.2) is 0 Å². The summed E-state index contributed by atoms with van der Waals surface area (Å²) in [5.74, 6) is 0.652. The number of rotatable bonds is 3. The van der Waals surface area contributed by atoms with Gasteiger partial charge in [0.25, 0.3) is 0 Å². The molecule has 2 aliphatic rings. The van der Waals surface area contributed by atoms with E-state index in [1.54, 1.807) is 0 Å². The van der Waals surface area contributed by atoms with E-state index in [2.05, 4.69) is 17.2 Å². The minimum Gasteiger partial charge on any atom is -0.352 e. The molecule has 2 fully saturated rings. The molecule has 1 saturated carbocycles. The molecule has 2 rings (SSSR count). The summed E-state index contributed by atoms with van der Waals surface area (Å²) in [5.41, 5.74) is 0.615. The van der Waals surface area contributed by atoms with Crippen molar-refractivity contribution in [1.82, 2.24) is 10.6 Å². The van der Waals surface area contributed by atoms with Gasteiger partial charge >= 0.3 is 0 Å². The Bertz CT molecular complexity index is 231. The van der Waals surface area contributed by atoms with E-state index in [4.69, 9.17) is 0 Å². The van der Waals surface area contributed by atoms with Crippen molar-refractivity contribution in [2.24, 2.45) is 11.3 Å². The van der Waals surface area contributed by atoms with Crippen LogP contribution < -0.4 is 10.6 Å². The lowest BCUT2D eigenvalue weighted by molar-refractivity contribution is -0.117. The molecule has 88 valence electrons. The summed E-state index contributed by atoms with van der Waals surface area (Å²) in [4.78, 5) is 10.9. The zero-order valence-corrected chi connectivity index (χ0v) is 9.81. The summed E-state index contributed by atoms with van der Waals surface area (Å²) in [6.07, 6.45) is 3.88. The minimum atomic E-state index is -0.0484. The Labute approximate surface area is 93.8 Å². The number of amides is 1. The highest BCUT2D eigenvalue weighted by molar-refractivity contribution is 5.86. The van der Waals surface area contributed by atoms with Crippen LogP contribution in [-0.4, -0.2) is 25.5 Å². The van der Waals surface area contributed by atoms with Gasteiger partial charge in [-0.1, -0.05) is 20.4 Å². The first-order valence-corrected chi connectivity index (χ1v) is 5.85. The average molecular weight is 212 g/mol. The van der Waals surface area contributed by atoms with Crippen molar-refractivity contribution in [2.45, 2.75) is 26.7 Å². The minimum absolute atomic E-state index is 0. The van der Waals surface area contributed by atoms with Gasteiger partial charge in [0.2, 0.25) is 5.91 Å². The van der Waals surface area contributed by atoms with Crippen LogP contribution >= 0.6 is 0 Å². The Hall–Kier alpha value is -0.830. The average Bonchev–Trinajstić information content (AvgIpc) is 2.16. The molecule has 0 bridgehead atoms. The van der Waals surface area contributed by atoms with Crippen molar-refractivity contribution in [3.8, 4) is 0 Å². The van der Waals surface area contributed by atoms with Gasteiger partial charge in [0, 0.05) is 21.1 Å².